The molecule has 3 aromatic rings. The average molecular weight is 329 g/mol. The Bertz CT molecular complexity index is 842. The van der Waals surface area contributed by atoms with Crippen molar-refractivity contribution >= 4 is 28.6 Å². The molecule has 0 aliphatic heterocycles. The van der Waals surface area contributed by atoms with Crippen molar-refractivity contribution in [2.24, 2.45) is 0 Å². The number of carbonyl (C=O) groups is 1. The van der Waals surface area contributed by atoms with Crippen molar-refractivity contribution in [1.82, 2.24) is 9.55 Å². The number of rotatable bonds is 5. The third-order valence-electron chi connectivity index (χ3n) is 3.63. The van der Waals surface area contributed by atoms with Crippen LogP contribution in [0.4, 0.5) is 0 Å². The monoisotopic (exact) mass is 328 g/mol. The molecular weight excluding hydrogens is 312 g/mol. The lowest BCUT2D eigenvalue weighted by atomic mass is 10.1. The Morgan fingerprint density at radius 1 is 1.17 bits per heavy atom. The number of halogens is 1. The van der Waals surface area contributed by atoms with Gasteiger partial charge in [0.1, 0.15) is 12.4 Å². The van der Waals surface area contributed by atoms with Gasteiger partial charge in [-0.05, 0) is 30.7 Å². The average Bonchev–Trinajstić information content (AvgIpc) is 2.88. The standard InChI is InChI=1S/C18H17ClN2O2/c1-2-23-18(22)12-21-16-10-6-5-9-15(16)20-17(21)11-13-7-3-4-8-14(13)19/h3-10H,2,11-12H2,1H3. The molecule has 0 aliphatic carbocycles. The highest BCUT2D eigenvalue weighted by atomic mass is 35.5. The fraction of sp³-hybridized carbons (Fsp3) is 0.222. The Morgan fingerprint density at radius 3 is 2.70 bits per heavy atom. The van der Waals surface area contributed by atoms with Crippen LogP contribution in [0.25, 0.3) is 11.0 Å². The molecule has 0 atom stereocenters. The van der Waals surface area contributed by atoms with E-state index in [2.05, 4.69) is 4.98 Å². The molecule has 0 radical (unpaired) electrons. The lowest BCUT2D eigenvalue weighted by Gasteiger charge is -2.09. The van der Waals surface area contributed by atoms with Crippen molar-refractivity contribution in [3.8, 4) is 0 Å². The third kappa shape index (κ3) is 3.37. The van der Waals surface area contributed by atoms with Crippen LogP contribution in [0.15, 0.2) is 48.5 Å². The van der Waals surface area contributed by atoms with Gasteiger partial charge in [0, 0.05) is 11.4 Å². The highest BCUT2D eigenvalue weighted by Crippen LogP contribution is 2.22. The number of aromatic nitrogens is 2. The van der Waals surface area contributed by atoms with E-state index in [0.717, 1.165) is 22.4 Å². The molecule has 0 saturated carbocycles. The van der Waals surface area contributed by atoms with E-state index in [4.69, 9.17) is 16.3 Å². The van der Waals surface area contributed by atoms with Crippen LogP contribution < -0.4 is 0 Å². The maximum Gasteiger partial charge on any atom is 0.326 e. The fourth-order valence-corrected chi connectivity index (χ4v) is 2.79. The molecule has 5 heteroatoms. The topological polar surface area (TPSA) is 44.1 Å². The number of fused-ring (bicyclic) bond motifs is 1. The Morgan fingerprint density at radius 2 is 1.91 bits per heavy atom. The normalized spacial score (nSPS) is 10.9. The summed E-state index contributed by atoms with van der Waals surface area (Å²) in [7, 11) is 0. The Balaban J connectivity index is 2.01. The molecule has 0 aliphatic rings. The van der Waals surface area contributed by atoms with E-state index in [9.17, 15) is 4.79 Å². The second kappa shape index (κ2) is 6.84. The molecule has 0 fully saturated rings. The van der Waals surface area contributed by atoms with Crippen molar-refractivity contribution in [2.75, 3.05) is 6.61 Å². The largest absolute Gasteiger partial charge is 0.465 e. The lowest BCUT2D eigenvalue weighted by Crippen LogP contribution is -2.15. The first-order valence-electron chi connectivity index (χ1n) is 7.52. The van der Waals surface area contributed by atoms with E-state index >= 15 is 0 Å². The molecule has 0 bridgehead atoms. The first kappa shape index (κ1) is 15.6. The number of hydrogen-bond donors (Lipinski definition) is 0. The van der Waals surface area contributed by atoms with Gasteiger partial charge >= 0.3 is 5.97 Å². The van der Waals surface area contributed by atoms with E-state index in [1.165, 1.54) is 0 Å². The van der Waals surface area contributed by atoms with Crippen LogP contribution in [0.3, 0.4) is 0 Å². The maximum atomic E-state index is 11.9. The van der Waals surface area contributed by atoms with Crippen molar-refractivity contribution in [3.05, 3.63) is 64.9 Å². The minimum absolute atomic E-state index is 0.147. The van der Waals surface area contributed by atoms with Crippen molar-refractivity contribution < 1.29 is 9.53 Å². The van der Waals surface area contributed by atoms with Gasteiger partial charge in [-0.15, -0.1) is 0 Å². The van der Waals surface area contributed by atoms with E-state index < -0.39 is 0 Å². The number of para-hydroxylation sites is 2. The zero-order chi connectivity index (χ0) is 16.2. The fourth-order valence-electron chi connectivity index (χ4n) is 2.58. The molecule has 0 unspecified atom stereocenters. The Kier molecular flexibility index (Phi) is 4.63. The van der Waals surface area contributed by atoms with Gasteiger partial charge in [0.05, 0.1) is 17.6 Å². The Labute approximate surface area is 139 Å². The molecule has 118 valence electrons. The zero-order valence-electron chi connectivity index (χ0n) is 12.8. The number of nitrogens with zero attached hydrogens (tertiary/aromatic N) is 2. The van der Waals surface area contributed by atoms with Gasteiger partial charge in [-0.1, -0.05) is 41.9 Å². The molecule has 0 saturated heterocycles. The molecule has 2 aromatic carbocycles. The van der Waals surface area contributed by atoms with Crippen LogP contribution in [0.2, 0.25) is 5.02 Å². The van der Waals surface area contributed by atoms with Gasteiger partial charge in [-0.2, -0.15) is 0 Å². The molecule has 23 heavy (non-hydrogen) atoms. The van der Waals surface area contributed by atoms with Crippen LogP contribution in [0, 0.1) is 0 Å². The molecular formula is C18H17ClN2O2. The summed E-state index contributed by atoms with van der Waals surface area (Å²) in [5.41, 5.74) is 2.76. The van der Waals surface area contributed by atoms with Gasteiger partial charge in [0.2, 0.25) is 0 Å². The summed E-state index contributed by atoms with van der Waals surface area (Å²) in [5.74, 6) is 0.531. The van der Waals surface area contributed by atoms with Gasteiger partial charge in [0.15, 0.2) is 0 Å². The van der Waals surface area contributed by atoms with Crippen LogP contribution in [-0.4, -0.2) is 22.1 Å². The van der Waals surface area contributed by atoms with Crippen LogP contribution in [0.1, 0.15) is 18.3 Å². The highest BCUT2D eigenvalue weighted by molar-refractivity contribution is 6.31. The van der Waals surface area contributed by atoms with Gasteiger partial charge < -0.3 is 9.30 Å². The number of carbonyl (C=O) groups excluding carboxylic acids is 1. The highest BCUT2D eigenvalue weighted by Gasteiger charge is 2.15. The summed E-state index contributed by atoms with van der Waals surface area (Å²) in [6.45, 7) is 2.31. The molecule has 1 aromatic heterocycles. The van der Waals surface area contributed by atoms with E-state index in [1.54, 1.807) is 6.92 Å². The van der Waals surface area contributed by atoms with Crippen LogP contribution in [0.5, 0.6) is 0 Å². The van der Waals surface area contributed by atoms with E-state index in [-0.39, 0.29) is 12.5 Å². The molecule has 1 heterocycles. The number of benzene rings is 2. The summed E-state index contributed by atoms with van der Waals surface area (Å²) in [5, 5.41) is 0.697. The SMILES string of the molecule is CCOC(=O)Cn1c(Cc2ccccc2Cl)nc2ccccc21. The predicted molar refractivity (Wildman–Crippen MR) is 90.6 cm³/mol. The summed E-state index contributed by atoms with van der Waals surface area (Å²) >= 11 is 6.25. The first-order chi connectivity index (χ1) is 11.2. The Hall–Kier alpha value is -2.33. The van der Waals surface area contributed by atoms with E-state index in [0.29, 0.717) is 18.1 Å². The molecule has 4 nitrogen and oxygen atoms in total. The first-order valence-corrected chi connectivity index (χ1v) is 7.90. The molecule has 0 spiro atoms. The summed E-state index contributed by atoms with van der Waals surface area (Å²) < 4.78 is 6.98. The predicted octanol–water partition coefficient (Wildman–Crippen LogP) is 3.84. The molecule has 3 rings (SSSR count). The smallest absolute Gasteiger partial charge is 0.326 e. The summed E-state index contributed by atoms with van der Waals surface area (Å²) in [6, 6.07) is 15.4. The van der Waals surface area contributed by atoms with Crippen molar-refractivity contribution in [2.45, 2.75) is 19.9 Å². The van der Waals surface area contributed by atoms with Gasteiger partial charge in [-0.3, -0.25) is 4.79 Å². The van der Waals surface area contributed by atoms with Gasteiger partial charge in [0.25, 0.3) is 0 Å². The zero-order valence-corrected chi connectivity index (χ0v) is 13.6. The number of ether oxygens (including phenoxy) is 1. The second-order valence-corrected chi connectivity index (χ2v) is 5.58. The molecule has 0 amide bonds. The number of hydrogen-bond acceptors (Lipinski definition) is 3. The van der Waals surface area contributed by atoms with E-state index in [1.807, 2.05) is 53.1 Å². The minimum Gasteiger partial charge on any atom is -0.465 e. The van der Waals surface area contributed by atoms with Crippen LogP contribution in [-0.2, 0) is 22.5 Å². The summed E-state index contributed by atoms with van der Waals surface area (Å²) in [6.07, 6.45) is 0.563. The quantitative estimate of drug-likeness (QED) is 0.668. The van der Waals surface area contributed by atoms with Crippen molar-refractivity contribution in [1.29, 1.82) is 0 Å². The third-order valence-corrected chi connectivity index (χ3v) is 4.00. The van der Waals surface area contributed by atoms with Gasteiger partial charge in [-0.25, -0.2) is 4.98 Å². The molecule has 0 N–H and O–H groups in total. The second-order valence-electron chi connectivity index (χ2n) is 5.18. The van der Waals surface area contributed by atoms with Crippen molar-refractivity contribution in [3.63, 3.8) is 0 Å². The number of imidazole rings is 1. The lowest BCUT2D eigenvalue weighted by molar-refractivity contribution is -0.143. The minimum atomic E-state index is -0.268. The number of esters is 1. The maximum absolute atomic E-state index is 11.9. The van der Waals surface area contributed by atoms with Crippen LogP contribution >= 0.6 is 11.6 Å². The summed E-state index contributed by atoms with van der Waals surface area (Å²) in [4.78, 5) is 16.6.